The summed E-state index contributed by atoms with van der Waals surface area (Å²) in [4.78, 5) is 24.5. The zero-order valence-electron chi connectivity index (χ0n) is 16.8. The third-order valence-corrected chi connectivity index (χ3v) is 5.89. The van der Waals surface area contributed by atoms with E-state index >= 15 is 0 Å². The van der Waals surface area contributed by atoms with Crippen LogP contribution in [0.5, 0.6) is 0 Å². The molecule has 0 radical (unpaired) electrons. The van der Waals surface area contributed by atoms with Gasteiger partial charge >= 0.3 is 5.97 Å². The molecule has 2 aromatic rings. The van der Waals surface area contributed by atoms with Crippen LogP contribution in [0.1, 0.15) is 67.3 Å². The average molecular weight is 380 g/mol. The van der Waals surface area contributed by atoms with E-state index in [1.807, 2.05) is 31.2 Å². The highest BCUT2D eigenvalue weighted by atomic mass is 16.4. The largest absolute Gasteiger partial charge is 0.481 e. The Hall–Kier alpha value is -2.62. The van der Waals surface area contributed by atoms with Crippen molar-refractivity contribution >= 4 is 11.9 Å². The second-order valence-corrected chi connectivity index (χ2v) is 8.10. The number of benzene rings is 2. The number of hydrogen-bond acceptors (Lipinski definition) is 2. The van der Waals surface area contributed by atoms with Crippen LogP contribution in [0.3, 0.4) is 0 Å². The lowest BCUT2D eigenvalue weighted by Gasteiger charge is -2.25. The molecule has 0 aromatic heterocycles. The van der Waals surface area contributed by atoms with Gasteiger partial charge in [-0.05, 0) is 47.9 Å². The third-order valence-electron chi connectivity index (χ3n) is 5.89. The molecule has 1 amide bonds. The highest BCUT2D eigenvalue weighted by Crippen LogP contribution is 2.34. The van der Waals surface area contributed by atoms with Crippen LogP contribution in [-0.2, 0) is 9.59 Å². The van der Waals surface area contributed by atoms with Crippen molar-refractivity contribution in [2.45, 2.75) is 52.0 Å². The van der Waals surface area contributed by atoms with Gasteiger partial charge in [-0.3, -0.25) is 9.59 Å². The lowest BCUT2D eigenvalue weighted by molar-refractivity contribution is -0.146. The summed E-state index contributed by atoms with van der Waals surface area (Å²) >= 11 is 0. The van der Waals surface area contributed by atoms with Crippen LogP contribution in [-0.4, -0.2) is 17.0 Å². The van der Waals surface area contributed by atoms with Gasteiger partial charge in [0.25, 0.3) is 0 Å². The maximum Gasteiger partial charge on any atom is 0.307 e. The molecule has 1 aliphatic carbocycles. The number of carbonyl (C=O) groups is 2. The Morgan fingerprint density at radius 3 is 2.18 bits per heavy atom. The summed E-state index contributed by atoms with van der Waals surface area (Å²) in [6, 6.07) is 16.1. The molecule has 0 unspecified atom stereocenters. The Labute approximate surface area is 167 Å². The van der Waals surface area contributed by atoms with Crippen molar-refractivity contribution in [3.63, 3.8) is 0 Å². The van der Waals surface area contributed by atoms with Crippen LogP contribution >= 0.6 is 0 Å². The van der Waals surface area contributed by atoms with E-state index in [4.69, 9.17) is 0 Å². The number of carboxylic acids is 1. The monoisotopic (exact) mass is 379 g/mol. The number of nitrogens with one attached hydrogen (secondary N) is 1. The first-order chi connectivity index (χ1) is 13.4. The number of carbonyl (C=O) groups excluding carboxylic acids is 1. The summed E-state index contributed by atoms with van der Waals surface area (Å²) in [5.41, 5.74) is 4.40. The predicted molar refractivity (Wildman–Crippen MR) is 110 cm³/mol. The minimum absolute atomic E-state index is 0.161. The molecule has 148 valence electrons. The first-order valence-corrected chi connectivity index (χ1v) is 10.1. The molecule has 0 saturated heterocycles. The molecular formula is C24H29NO3. The second kappa shape index (κ2) is 8.59. The SMILES string of the molecule is Cc1ccccc1[C@H](NC(=O)[C@@H]1CCC[C@@H]1C(=O)O)c1ccc(C(C)C)cc1. The van der Waals surface area contributed by atoms with E-state index in [-0.39, 0.29) is 11.9 Å². The van der Waals surface area contributed by atoms with Crippen molar-refractivity contribution in [1.82, 2.24) is 5.32 Å². The zero-order chi connectivity index (χ0) is 20.3. The molecule has 3 rings (SSSR count). The molecule has 0 bridgehead atoms. The van der Waals surface area contributed by atoms with Crippen LogP contribution < -0.4 is 5.32 Å². The van der Waals surface area contributed by atoms with Crippen LogP contribution in [0.15, 0.2) is 48.5 Å². The van der Waals surface area contributed by atoms with Crippen molar-refractivity contribution in [3.05, 3.63) is 70.8 Å². The first-order valence-electron chi connectivity index (χ1n) is 10.1. The average Bonchev–Trinajstić information content (AvgIpc) is 3.17. The van der Waals surface area contributed by atoms with Crippen LogP contribution in [0.2, 0.25) is 0 Å². The summed E-state index contributed by atoms with van der Waals surface area (Å²) in [6.45, 7) is 6.34. The van der Waals surface area contributed by atoms with E-state index in [9.17, 15) is 14.7 Å². The van der Waals surface area contributed by atoms with Crippen molar-refractivity contribution in [2.24, 2.45) is 11.8 Å². The van der Waals surface area contributed by atoms with E-state index in [0.29, 0.717) is 18.8 Å². The molecule has 3 atom stereocenters. The van der Waals surface area contributed by atoms with Gasteiger partial charge in [0.1, 0.15) is 0 Å². The number of aryl methyl sites for hydroxylation is 1. The summed E-state index contributed by atoms with van der Waals surface area (Å²) in [5, 5.41) is 12.6. The van der Waals surface area contributed by atoms with Gasteiger partial charge < -0.3 is 10.4 Å². The van der Waals surface area contributed by atoms with Crippen LogP contribution in [0, 0.1) is 18.8 Å². The molecule has 2 aromatic carbocycles. The minimum Gasteiger partial charge on any atom is -0.481 e. The second-order valence-electron chi connectivity index (χ2n) is 8.10. The number of aliphatic carboxylic acids is 1. The van der Waals surface area contributed by atoms with Crippen molar-refractivity contribution in [2.75, 3.05) is 0 Å². The molecule has 0 aliphatic heterocycles. The fourth-order valence-electron chi connectivity index (χ4n) is 4.14. The van der Waals surface area contributed by atoms with Gasteiger partial charge in [-0.15, -0.1) is 0 Å². The van der Waals surface area contributed by atoms with Gasteiger partial charge in [0, 0.05) is 0 Å². The molecule has 28 heavy (non-hydrogen) atoms. The first kappa shape index (κ1) is 20.1. The summed E-state index contributed by atoms with van der Waals surface area (Å²) in [6.07, 6.45) is 1.99. The van der Waals surface area contributed by atoms with Gasteiger partial charge in [0.2, 0.25) is 5.91 Å². The maximum absolute atomic E-state index is 13.0. The van der Waals surface area contributed by atoms with Gasteiger partial charge in [0.05, 0.1) is 17.9 Å². The van der Waals surface area contributed by atoms with Gasteiger partial charge in [-0.25, -0.2) is 0 Å². The molecule has 1 aliphatic rings. The van der Waals surface area contributed by atoms with E-state index in [0.717, 1.165) is 23.1 Å². The van der Waals surface area contributed by atoms with Gasteiger partial charge in [-0.1, -0.05) is 68.8 Å². The highest BCUT2D eigenvalue weighted by molar-refractivity contribution is 5.85. The number of rotatable bonds is 6. The molecule has 0 heterocycles. The quantitative estimate of drug-likeness (QED) is 0.756. The van der Waals surface area contributed by atoms with E-state index < -0.39 is 17.8 Å². The Morgan fingerprint density at radius 1 is 0.964 bits per heavy atom. The third kappa shape index (κ3) is 4.27. The van der Waals surface area contributed by atoms with E-state index in [1.54, 1.807) is 0 Å². The maximum atomic E-state index is 13.0. The summed E-state index contributed by atoms with van der Waals surface area (Å²) < 4.78 is 0. The number of amides is 1. The molecule has 1 fully saturated rings. The molecule has 2 N–H and O–H groups in total. The molecular weight excluding hydrogens is 350 g/mol. The fraction of sp³-hybridized carbons (Fsp3) is 0.417. The van der Waals surface area contributed by atoms with Crippen molar-refractivity contribution < 1.29 is 14.7 Å². The molecule has 0 spiro atoms. The summed E-state index contributed by atoms with van der Waals surface area (Å²) in [5.74, 6) is -1.63. The lowest BCUT2D eigenvalue weighted by atomic mass is 9.90. The normalized spacial score (nSPS) is 20.1. The van der Waals surface area contributed by atoms with Crippen LogP contribution in [0.4, 0.5) is 0 Å². The fourth-order valence-corrected chi connectivity index (χ4v) is 4.14. The molecule has 1 saturated carbocycles. The van der Waals surface area contributed by atoms with E-state index in [2.05, 4.69) is 43.4 Å². The summed E-state index contributed by atoms with van der Waals surface area (Å²) in [7, 11) is 0. The van der Waals surface area contributed by atoms with Gasteiger partial charge in [-0.2, -0.15) is 0 Å². The van der Waals surface area contributed by atoms with Gasteiger partial charge in [0.15, 0.2) is 0 Å². The highest BCUT2D eigenvalue weighted by Gasteiger charge is 2.38. The predicted octanol–water partition coefficient (Wildman–Crippen LogP) is 4.82. The molecule has 4 heteroatoms. The Balaban J connectivity index is 1.92. The van der Waals surface area contributed by atoms with Crippen molar-refractivity contribution in [1.29, 1.82) is 0 Å². The topological polar surface area (TPSA) is 66.4 Å². The Kier molecular flexibility index (Phi) is 6.18. The van der Waals surface area contributed by atoms with Crippen LogP contribution in [0.25, 0.3) is 0 Å². The number of carboxylic acid groups (broad SMARTS) is 1. The lowest BCUT2D eigenvalue weighted by Crippen LogP contribution is -2.38. The minimum atomic E-state index is -0.869. The Bertz CT molecular complexity index is 841. The zero-order valence-corrected chi connectivity index (χ0v) is 16.8. The van der Waals surface area contributed by atoms with E-state index in [1.165, 1.54) is 5.56 Å². The standard InChI is InChI=1S/C24H29NO3/c1-15(2)17-11-13-18(14-12-17)22(19-8-5-4-7-16(19)3)25-23(26)20-9-6-10-21(20)24(27)28/h4-5,7-8,11-15,20-22H,6,9-10H2,1-3H3,(H,25,26)(H,27,28)/t20-,21+,22-/m1/s1. The van der Waals surface area contributed by atoms with Crippen molar-refractivity contribution in [3.8, 4) is 0 Å². The Morgan fingerprint density at radius 2 is 1.57 bits per heavy atom. The molecule has 4 nitrogen and oxygen atoms in total. The smallest absolute Gasteiger partial charge is 0.307 e. The number of hydrogen-bond donors (Lipinski definition) is 2.